The molecule has 1 atom stereocenters. The predicted molar refractivity (Wildman–Crippen MR) is 90.4 cm³/mol. The van der Waals surface area contributed by atoms with Gasteiger partial charge in [-0.15, -0.1) is 11.3 Å². The van der Waals surface area contributed by atoms with E-state index in [0.29, 0.717) is 12.1 Å². The maximum atomic E-state index is 13.6. The highest BCUT2D eigenvalue weighted by Gasteiger charge is 2.16. The fraction of sp³-hybridized carbons (Fsp3) is 0.353. The topological polar surface area (TPSA) is 41.6 Å². The van der Waals surface area contributed by atoms with Gasteiger partial charge in [0.15, 0.2) is 11.6 Å². The van der Waals surface area contributed by atoms with Crippen molar-refractivity contribution in [3.8, 4) is 5.75 Å². The number of thiophene rings is 1. The molecular weight excluding hydrogens is 315 g/mol. The molecule has 0 saturated carbocycles. The number of methoxy groups -OCH3 is 1. The largest absolute Gasteiger partial charge is 0.494 e. The van der Waals surface area contributed by atoms with Crippen LogP contribution in [0.15, 0.2) is 35.7 Å². The lowest BCUT2D eigenvalue weighted by Crippen LogP contribution is -2.34. The molecule has 0 fully saturated rings. The Hall–Kier alpha value is -1.92. The summed E-state index contributed by atoms with van der Waals surface area (Å²) >= 11 is 1.66. The zero-order valence-corrected chi connectivity index (χ0v) is 14.3. The number of nitrogens with zero attached hydrogens (tertiary/aromatic N) is 1. The molecular formula is C17H21FN2O2S. The van der Waals surface area contributed by atoms with Crippen molar-refractivity contribution in [1.82, 2.24) is 10.2 Å². The summed E-state index contributed by atoms with van der Waals surface area (Å²) in [5.74, 6) is -0.403. The van der Waals surface area contributed by atoms with Crippen LogP contribution in [-0.2, 0) is 11.2 Å². The number of carbonyl (C=O) groups is 1. The number of amides is 1. The molecule has 0 spiro atoms. The Morgan fingerprint density at radius 3 is 2.74 bits per heavy atom. The third kappa shape index (κ3) is 4.77. The van der Waals surface area contributed by atoms with Crippen LogP contribution < -0.4 is 10.1 Å². The van der Waals surface area contributed by atoms with Gasteiger partial charge in [0, 0.05) is 11.4 Å². The van der Waals surface area contributed by atoms with E-state index in [1.807, 2.05) is 25.5 Å². The van der Waals surface area contributed by atoms with Crippen LogP contribution in [0, 0.1) is 5.82 Å². The molecule has 1 N–H and O–H groups in total. The van der Waals surface area contributed by atoms with E-state index in [0.717, 1.165) is 0 Å². The molecule has 0 aliphatic rings. The number of halogens is 1. The highest BCUT2D eigenvalue weighted by Crippen LogP contribution is 2.22. The Morgan fingerprint density at radius 1 is 1.39 bits per heavy atom. The maximum Gasteiger partial charge on any atom is 0.224 e. The quantitative estimate of drug-likeness (QED) is 0.845. The summed E-state index contributed by atoms with van der Waals surface area (Å²) in [7, 11) is 5.38. The van der Waals surface area contributed by atoms with Gasteiger partial charge in [-0.05, 0) is 43.2 Å². The molecule has 6 heteroatoms. The number of ether oxygens (including phenoxy) is 1. The van der Waals surface area contributed by atoms with Crippen LogP contribution in [0.25, 0.3) is 0 Å². The average Bonchev–Trinajstić information content (AvgIpc) is 3.01. The van der Waals surface area contributed by atoms with Crippen molar-refractivity contribution in [2.24, 2.45) is 0 Å². The second-order valence-corrected chi connectivity index (χ2v) is 6.42. The number of nitrogens with one attached hydrogen (secondary N) is 1. The lowest BCUT2D eigenvalue weighted by atomic mass is 10.1. The zero-order valence-electron chi connectivity index (χ0n) is 13.5. The first-order valence-corrected chi connectivity index (χ1v) is 8.18. The van der Waals surface area contributed by atoms with E-state index < -0.39 is 5.82 Å². The van der Waals surface area contributed by atoms with Gasteiger partial charge in [0.2, 0.25) is 5.91 Å². The Bertz CT molecular complexity index is 644. The van der Waals surface area contributed by atoms with Gasteiger partial charge in [-0.3, -0.25) is 4.79 Å². The summed E-state index contributed by atoms with van der Waals surface area (Å²) in [5.41, 5.74) is 0.623. The van der Waals surface area contributed by atoms with Crippen LogP contribution in [-0.4, -0.2) is 38.6 Å². The van der Waals surface area contributed by atoms with Crippen LogP contribution in [0.2, 0.25) is 0 Å². The van der Waals surface area contributed by atoms with Gasteiger partial charge in [-0.1, -0.05) is 12.1 Å². The van der Waals surface area contributed by atoms with E-state index >= 15 is 0 Å². The van der Waals surface area contributed by atoms with Crippen LogP contribution in [0.3, 0.4) is 0 Å². The van der Waals surface area contributed by atoms with Crippen molar-refractivity contribution in [3.05, 3.63) is 52.0 Å². The number of hydrogen-bond donors (Lipinski definition) is 1. The Kier molecular flexibility index (Phi) is 6.12. The van der Waals surface area contributed by atoms with Gasteiger partial charge >= 0.3 is 0 Å². The lowest BCUT2D eigenvalue weighted by Gasteiger charge is -2.23. The zero-order chi connectivity index (χ0) is 16.8. The molecule has 1 aromatic heterocycles. The first-order valence-electron chi connectivity index (χ1n) is 7.30. The molecule has 2 aromatic rings. The van der Waals surface area contributed by atoms with E-state index in [9.17, 15) is 9.18 Å². The predicted octanol–water partition coefficient (Wildman–Crippen LogP) is 2.86. The first kappa shape index (κ1) is 17.4. The average molecular weight is 336 g/mol. The summed E-state index contributed by atoms with van der Waals surface area (Å²) in [4.78, 5) is 15.4. The summed E-state index contributed by atoms with van der Waals surface area (Å²) in [6.07, 6.45) is 0.144. The van der Waals surface area contributed by atoms with Crippen molar-refractivity contribution in [2.75, 3.05) is 27.7 Å². The van der Waals surface area contributed by atoms with Crippen LogP contribution in [0.4, 0.5) is 4.39 Å². The van der Waals surface area contributed by atoms with E-state index in [4.69, 9.17) is 4.74 Å². The molecule has 0 saturated heterocycles. The van der Waals surface area contributed by atoms with Gasteiger partial charge < -0.3 is 15.0 Å². The molecule has 0 radical (unpaired) electrons. The summed E-state index contributed by atoms with van der Waals surface area (Å²) < 4.78 is 18.5. The SMILES string of the molecule is COc1ccc(CC(=O)NCC(c2cccs2)N(C)C)cc1F. The number of rotatable bonds is 7. The minimum atomic E-state index is -0.456. The molecule has 1 heterocycles. The van der Waals surface area contributed by atoms with Crippen molar-refractivity contribution in [3.63, 3.8) is 0 Å². The molecule has 1 aromatic carbocycles. The molecule has 0 bridgehead atoms. The van der Waals surface area contributed by atoms with E-state index in [-0.39, 0.29) is 24.1 Å². The van der Waals surface area contributed by atoms with Gasteiger partial charge in [-0.25, -0.2) is 4.39 Å². The molecule has 2 rings (SSSR count). The van der Waals surface area contributed by atoms with Crippen molar-refractivity contribution < 1.29 is 13.9 Å². The normalized spacial score (nSPS) is 12.2. The fourth-order valence-corrected chi connectivity index (χ4v) is 3.22. The third-order valence-corrected chi connectivity index (χ3v) is 4.54. The van der Waals surface area contributed by atoms with Gasteiger partial charge in [0.25, 0.3) is 0 Å². The molecule has 0 aliphatic carbocycles. The number of benzene rings is 1. The van der Waals surface area contributed by atoms with Crippen LogP contribution >= 0.6 is 11.3 Å². The Labute approximate surface area is 139 Å². The second kappa shape index (κ2) is 8.08. The lowest BCUT2D eigenvalue weighted by molar-refractivity contribution is -0.120. The molecule has 1 amide bonds. The maximum absolute atomic E-state index is 13.6. The first-order chi connectivity index (χ1) is 11.0. The van der Waals surface area contributed by atoms with Crippen LogP contribution in [0.5, 0.6) is 5.75 Å². The van der Waals surface area contributed by atoms with Crippen molar-refractivity contribution in [2.45, 2.75) is 12.5 Å². The fourth-order valence-electron chi connectivity index (χ4n) is 2.30. The standard InChI is InChI=1S/C17H21FN2O2S/c1-20(2)14(16-5-4-8-23-16)11-19-17(21)10-12-6-7-15(22-3)13(18)9-12/h4-9,14H,10-11H2,1-3H3,(H,19,21). The van der Waals surface area contributed by atoms with Gasteiger partial charge in [0.05, 0.1) is 19.6 Å². The summed E-state index contributed by atoms with van der Waals surface area (Å²) in [6, 6.07) is 8.75. The second-order valence-electron chi connectivity index (χ2n) is 5.44. The third-order valence-electron chi connectivity index (χ3n) is 3.57. The molecule has 23 heavy (non-hydrogen) atoms. The van der Waals surface area contributed by atoms with E-state index in [2.05, 4.69) is 16.3 Å². The number of carbonyl (C=O) groups excluding carboxylic acids is 1. The Balaban J connectivity index is 1.93. The van der Waals surface area contributed by atoms with Gasteiger partial charge in [0.1, 0.15) is 0 Å². The van der Waals surface area contributed by atoms with Gasteiger partial charge in [-0.2, -0.15) is 0 Å². The van der Waals surface area contributed by atoms with E-state index in [1.54, 1.807) is 17.4 Å². The smallest absolute Gasteiger partial charge is 0.224 e. The number of hydrogen-bond acceptors (Lipinski definition) is 4. The highest BCUT2D eigenvalue weighted by atomic mass is 32.1. The monoisotopic (exact) mass is 336 g/mol. The molecule has 4 nitrogen and oxygen atoms in total. The molecule has 124 valence electrons. The number of likely N-dealkylation sites (N-methyl/N-ethyl adjacent to an activating group) is 1. The highest BCUT2D eigenvalue weighted by molar-refractivity contribution is 7.10. The Morgan fingerprint density at radius 2 is 2.17 bits per heavy atom. The van der Waals surface area contributed by atoms with Crippen molar-refractivity contribution in [1.29, 1.82) is 0 Å². The van der Waals surface area contributed by atoms with Crippen LogP contribution in [0.1, 0.15) is 16.5 Å². The molecule has 0 aliphatic heterocycles. The minimum Gasteiger partial charge on any atom is -0.494 e. The summed E-state index contributed by atoms with van der Waals surface area (Å²) in [6.45, 7) is 0.519. The molecule has 1 unspecified atom stereocenters. The minimum absolute atomic E-state index is 0.127. The van der Waals surface area contributed by atoms with E-state index in [1.165, 1.54) is 24.1 Å². The summed E-state index contributed by atoms with van der Waals surface area (Å²) in [5, 5.41) is 4.94. The van der Waals surface area contributed by atoms with Crippen molar-refractivity contribution >= 4 is 17.2 Å².